The number of benzene rings is 2. The van der Waals surface area contributed by atoms with Gasteiger partial charge < -0.3 is 19.9 Å². The number of para-hydroxylation sites is 2. The van der Waals surface area contributed by atoms with Crippen molar-refractivity contribution in [2.24, 2.45) is 0 Å². The summed E-state index contributed by atoms with van der Waals surface area (Å²) in [4.78, 5) is 27.0. The molecule has 0 unspecified atom stereocenters. The van der Waals surface area contributed by atoms with Gasteiger partial charge in [-0.15, -0.1) is 0 Å². The molecule has 0 aliphatic carbocycles. The number of hydrogen-bond acceptors (Lipinski definition) is 7. The first kappa shape index (κ1) is 22.2. The summed E-state index contributed by atoms with van der Waals surface area (Å²) in [6.45, 7) is 0.724. The molecule has 0 bridgehead atoms. The number of phenols is 1. The Labute approximate surface area is 195 Å². The fourth-order valence-electron chi connectivity index (χ4n) is 3.37. The number of fused-ring (bicyclic) bond motifs is 1. The Balaban J connectivity index is 1.23. The molecule has 0 atom stereocenters. The number of aromatic hydroxyl groups is 1. The fraction of sp³-hybridized carbons (Fsp3) is 0.261. The summed E-state index contributed by atoms with van der Waals surface area (Å²) in [5, 5.41) is 12.4. The van der Waals surface area contributed by atoms with Gasteiger partial charge in [-0.3, -0.25) is 14.5 Å². The van der Waals surface area contributed by atoms with Crippen LogP contribution in [0.25, 0.3) is 6.08 Å². The number of anilines is 1. The molecular weight excluding hydrogens is 448 g/mol. The minimum Gasteiger partial charge on any atom is -0.506 e. The third-order valence-corrected chi connectivity index (χ3v) is 6.41. The zero-order chi connectivity index (χ0) is 22.5. The van der Waals surface area contributed by atoms with Crippen LogP contribution in [-0.4, -0.2) is 39.5 Å². The summed E-state index contributed by atoms with van der Waals surface area (Å²) < 4.78 is 11.2. The molecule has 4 rings (SSSR count). The number of carbonyl (C=O) groups excluding carboxylic acids is 2. The first-order valence-electron chi connectivity index (χ1n) is 10.2. The molecule has 2 amide bonds. The van der Waals surface area contributed by atoms with Crippen molar-refractivity contribution in [3.8, 4) is 17.2 Å². The molecule has 1 fully saturated rings. The van der Waals surface area contributed by atoms with E-state index in [4.69, 9.17) is 21.7 Å². The maximum Gasteiger partial charge on any atom is 0.266 e. The fourth-order valence-corrected chi connectivity index (χ4v) is 4.68. The number of nitrogens with zero attached hydrogens (tertiary/aromatic N) is 1. The maximum absolute atomic E-state index is 12.8. The van der Waals surface area contributed by atoms with Gasteiger partial charge in [-0.1, -0.05) is 48.6 Å². The molecule has 2 aromatic carbocycles. The van der Waals surface area contributed by atoms with Gasteiger partial charge in [0.05, 0.1) is 10.6 Å². The van der Waals surface area contributed by atoms with Crippen LogP contribution in [0.3, 0.4) is 0 Å². The van der Waals surface area contributed by atoms with Gasteiger partial charge in [0.25, 0.3) is 5.91 Å². The van der Waals surface area contributed by atoms with Crippen molar-refractivity contribution in [1.82, 2.24) is 4.90 Å². The third-order valence-electron chi connectivity index (χ3n) is 5.03. The number of nitrogens with one attached hydrogen (secondary N) is 1. The Hall–Kier alpha value is -3.04. The second-order valence-corrected chi connectivity index (χ2v) is 9.00. The second kappa shape index (κ2) is 10.1. The summed E-state index contributed by atoms with van der Waals surface area (Å²) in [5.74, 6) is 1.16. The molecule has 2 aliphatic rings. The zero-order valence-electron chi connectivity index (χ0n) is 17.2. The molecule has 2 heterocycles. The van der Waals surface area contributed by atoms with Gasteiger partial charge in [-0.25, -0.2) is 0 Å². The van der Waals surface area contributed by atoms with Crippen LogP contribution in [0.5, 0.6) is 17.2 Å². The lowest BCUT2D eigenvalue weighted by Crippen LogP contribution is -2.29. The largest absolute Gasteiger partial charge is 0.506 e. The van der Waals surface area contributed by atoms with E-state index in [-0.39, 0.29) is 24.4 Å². The molecule has 9 heteroatoms. The van der Waals surface area contributed by atoms with Gasteiger partial charge in [-0.2, -0.15) is 0 Å². The standard InChI is InChI=1S/C23H22N2O5S2/c26-17-7-4-3-6-16(17)24-21(27)8-2-1-5-11-25-22(28)20(32-23(25)31)13-15-9-10-18-19(12-15)30-14-29-18/h3-4,6-7,9-10,12-13,26H,1-2,5,8,11,14H2,(H,24,27). The summed E-state index contributed by atoms with van der Waals surface area (Å²) in [6, 6.07) is 12.2. The Morgan fingerprint density at radius 1 is 1.16 bits per heavy atom. The minimum absolute atomic E-state index is 0.0454. The van der Waals surface area contributed by atoms with Crippen LogP contribution in [0, 0.1) is 0 Å². The highest BCUT2D eigenvalue weighted by atomic mass is 32.2. The van der Waals surface area contributed by atoms with E-state index in [1.54, 1.807) is 23.1 Å². The Kier molecular flexibility index (Phi) is 6.96. The number of carbonyl (C=O) groups is 2. The predicted molar refractivity (Wildman–Crippen MR) is 128 cm³/mol. The van der Waals surface area contributed by atoms with Gasteiger partial charge >= 0.3 is 0 Å². The van der Waals surface area contributed by atoms with Crippen LogP contribution in [0.15, 0.2) is 47.4 Å². The average Bonchev–Trinajstić information content (AvgIpc) is 3.34. The molecule has 32 heavy (non-hydrogen) atoms. The molecule has 1 saturated heterocycles. The summed E-state index contributed by atoms with van der Waals surface area (Å²) in [5.41, 5.74) is 1.26. The van der Waals surface area contributed by atoms with Gasteiger partial charge in [0, 0.05) is 13.0 Å². The predicted octanol–water partition coefficient (Wildman–Crippen LogP) is 4.52. The van der Waals surface area contributed by atoms with E-state index in [1.165, 1.54) is 17.8 Å². The second-order valence-electron chi connectivity index (χ2n) is 7.32. The highest BCUT2D eigenvalue weighted by Gasteiger charge is 2.31. The van der Waals surface area contributed by atoms with Gasteiger partial charge in [0.2, 0.25) is 12.7 Å². The SMILES string of the molecule is O=C(CCCCCN1C(=O)C(=Cc2ccc3c(c2)OCO3)SC1=S)Nc1ccccc1O. The van der Waals surface area contributed by atoms with Crippen molar-refractivity contribution < 1.29 is 24.2 Å². The van der Waals surface area contributed by atoms with Crippen LogP contribution in [0.2, 0.25) is 0 Å². The van der Waals surface area contributed by atoms with E-state index in [1.807, 2.05) is 24.3 Å². The van der Waals surface area contributed by atoms with Crippen LogP contribution < -0.4 is 14.8 Å². The molecule has 2 aliphatic heterocycles. The molecule has 0 spiro atoms. The van der Waals surface area contributed by atoms with Crippen molar-refractivity contribution in [3.63, 3.8) is 0 Å². The molecule has 0 saturated carbocycles. The number of hydrogen-bond donors (Lipinski definition) is 2. The average molecular weight is 471 g/mol. The van der Waals surface area contributed by atoms with E-state index >= 15 is 0 Å². The van der Waals surface area contributed by atoms with Crippen molar-refractivity contribution in [1.29, 1.82) is 0 Å². The number of rotatable bonds is 8. The number of amides is 2. The molecular formula is C23H22N2O5S2. The van der Waals surface area contributed by atoms with E-state index in [0.717, 1.165) is 18.4 Å². The molecule has 7 nitrogen and oxygen atoms in total. The van der Waals surface area contributed by atoms with Crippen molar-refractivity contribution in [3.05, 3.63) is 52.9 Å². The summed E-state index contributed by atoms with van der Waals surface area (Å²) in [7, 11) is 0. The third kappa shape index (κ3) is 5.23. The van der Waals surface area contributed by atoms with E-state index in [2.05, 4.69) is 5.32 Å². The monoisotopic (exact) mass is 470 g/mol. The molecule has 166 valence electrons. The lowest BCUT2D eigenvalue weighted by atomic mass is 10.1. The van der Waals surface area contributed by atoms with Gasteiger partial charge in [-0.05, 0) is 48.7 Å². The lowest BCUT2D eigenvalue weighted by molar-refractivity contribution is -0.122. The summed E-state index contributed by atoms with van der Waals surface area (Å²) in [6.07, 6.45) is 4.36. The normalized spacial score (nSPS) is 16.1. The van der Waals surface area contributed by atoms with Gasteiger partial charge in [0.15, 0.2) is 11.5 Å². The molecule has 2 aromatic rings. The number of phenolic OH excluding ortho intramolecular Hbond substituents is 1. The van der Waals surface area contributed by atoms with Crippen LogP contribution in [-0.2, 0) is 9.59 Å². The summed E-state index contributed by atoms with van der Waals surface area (Å²) >= 11 is 6.68. The number of thiocarbonyl (C=S) groups is 1. The number of unbranched alkanes of at least 4 members (excludes halogenated alkanes) is 2. The molecule has 2 N–H and O–H groups in total. The van der Waals surface area contributed by atoms with Crippen LogP contribution in [0.1, 0.15) is 31.2 Å². The van der Waals surface area contributed by atoms with Crippen LogP contribution in [0.4, 0.5) is 5.69 Å². The number of ether oxygens (including phenoxy) is 2. The Bertz CT molecular complexity index is 1090. The molecule has 0 radical (unpaired) electrons. The highest BCUT2D eigenvalue weighted by molar-refractivity contribution is 8.26. The van der Waals surface area contributed by atoms with Crippen molar-refractivity contribution in [2.75, 3.05) is 18.7 Å². The maximum atomic E-state index is 12.8. The number of thioether (sulfide) groups is 1. The first-order chi connectivity index (χ1) is 15.5. The van der Waals surface area contributed by atoms with E-state index < -0.39 is 0 Å². The van der Waals surface area contributed by atoms with E-state index in [9.17, 15) is 14.7 Å². The lowest BCUT2D eigenvalue weighted by Gasteiger charge is -2.14. The smallest absolute Gasteiger partial charge is 0.266 e. The van der Waals surface area contributed by atoms with Crippen molar-refractivity contribution in [2.45, 2.75) is 25.7 Å². The van der Waals surface area contributed by atoms with Gasteiger partial charge in [0.1, 0.15) is 10.1 Å². The van der Waals surface area contributed by atoms with Crippen LogP contribution >= 0.6 is 24.0 Å². The van der Waals surface area contributed by atoms with E-state index in [0.29, 0.717) is 45.8 Å². The Morgan fingerprint density at radius 2 is 1.97 bits per heavy atom. The topological polar surface area (TPSA) is 88.1 Å². The van der Waals surface area contributed by atoms with Crippen molar-refractivity contribution >= 4 is 51.9 Å². The Morgan fingerprint density at radius 3 is 2.81 bits per heavy atom. The highest BCUT2D eigenvalue weighted by Crippen LogP contribution is 2.36. The molecule has 0 aromatic heterocycles. The quantitative estimate of drug-likeness (QED) is 0.254. The minimum atomic E-state index is -0.149. The zero-order valence-corrected chi connectivity index (χ0v) is 18.8. The first-order valence-corrected chi connectivity index (χ1v) is 11.5.